The van der Waals surface area contributed by atoms with Gasteiger partial charge in [0.25, 0.3) is 11.6 Å². The van der Waals surface area contributed by atoms with Crippen LogP contribution in [0.5, 0.6) is 0 Å². The number of hydrogen-bond donors (Lipinski definition) is 2. The van der Waals surface area contributed by atoms with Crippen molar-refractivity contribution in [2.45, 2.75) is 32.2 Å². The van der Waals surface area contributed by atoms with Gasteiger partial charge in [0.1, 0.15) is 5.56 Å². The van der Waals surface area contributed by atoms with Crippen LogP contribution >= 0.6 is 23.2 Å². The predicted molar refractivity (Wildman–Crippen MR) is 112 cm³/mol. The highest BCUT2D eigenvalue weighted by Crippen LogP contribution is 2.30. The minimum absolute atomic E-state index is 0.0604. The molecule has 0 spiro atoms. The summed E-state index contributed by atoms with van der Waals surface area (Å²) in [4.78, 5) is 35.4. The number of nitro benzene ring substituents is 1. The second-order valence-electron chi connectivity index (χ2n) is 6.42. The lowest BCUT2D eigenvalue weighted by atomic mass is 9.84. The number of carbonyl (C=O) groups is 2. The Labute approximate surface area is 178 Å². The van der Waals surface area contributed by atoms with Gasteiger partial charge in [0, 0.05) is 11.1 Å². The Balaban J connectivity index is 2.13. The monoisotopic (exact) mass is 437 g/mol. The molecule has 2 N–H and O–H groups in total. The first-order valence-electron chi connectivity index (χ1n) is 9.02. The number of carbonyl (C=O) groups excluding carboxylic acids is 2. The number of nitrogens with one attached hydrogen (secondary N) is 2. The van der Waals surface area contributed by atoms with E-state index in [2.05, 4.69) is 10.6 Å². The van der Waals surface area contributed by atoms with Gasteiger partial charge >= 0.3 is 0 Å². The van der Waals surface area contributed by atoms with E-state index in [4.69, 9.17) is 23.2 Å². The summed E-state index contributed by atoms with van der Waals surface area (Å²) in [5.41, 5.74) is -0.425. The fraction of sp³-hybridized carbons (Fsp3) is 0.300. The maximum atomic E-state index is 12.5. The summed E-state index contributed by atoms with van der Waals surface area (Å²) in [5.74, 6) is -1.21. The van der Waals surface area contributed by atoms with Crippen molar-refractivity contribution in [1.29, 1.82) is 0 Å². The van der Waals surface area contributed by atoms with Crippen molar-refractivity contribution < 1.29 is 14.5 Å². The van der Waals surface area contributed by atoms with E-state index in [1.165, 1.54) is 18.2 Å². The average Bonchev–Trinajstić information content (AvgIpc) is 2.70. The van der Waals surface area contributed by atoms with Crippen molar-refractivity contribution in [2.24, 2.45) is 0 Å². The number of hydrogen-bond acceptors (Lipinski definition) is 4. The van der Waals surface area contributed by atoms with E-state index in [9.17, 15) is 19.7 Å². The maximum absolute atomic E-state index is 12.5. The zero-order valence-electron chi connectivity index (χ0n) is 16.0. The zero-order valence-corrected chi connectivity index (χ0v) is 17.5. The molecule has 0 atom stereocenters. The van der Waals surface area contributed by atoms with Crippen LogP contribution in [0.25, 0.3) is 0 Å². The Morgan fingerprint density at radius 2 is 1.69 bits per heavy atom. The van der Waals surface area contributed by atoms with Crippen molar-refractivity contribution in [3.05, 3.63) is 73.8 Å². The third-order valence-electron chi connectivity index (χ3n) is 4.81. The second kappa shape index (κ2) is 9.71. The fourth-order valence-corrected chi connectivity index (χ4v) is 3.51. The Morgan fingerprint density at radius 3 is 2.24 bits per heavy atom. The third-order valence-corrected chi connectivity index (χ3v) is 5.37. The largest absolute Gasteiger partial charge is 0.345 e. The van der Waals surface area contributed by atoms with E-state index < -0.39 is 28.0 Å². The van der Waals surface area contributed by atoms with Crippen LogP contribution < -0.4 is 10.6 Å². The highest BCUT2D eigenvalue weighted by atomic mass is 35.5. The number of halogens is 2. The lowest BCUT2D eigenvalue weighted by Gasteiger charge is -2.33. The highest BCUT2D eigenvalue weighted by Gasteiger charge is 2.30. The standard InChI is InChI=1S/C20H21Cl2N3O4/c1-3-20(4-2,13-8-10-14(21)11-9-13)24-17(26)12-23-19(27)18-15(22)6-5-7-16(18)25(28)29/h5-11H,3-4,12H2,1-2H3,(H,23,27)(H,24,26). The highest BCUT2D eigenvalue weighted by molar-refractivity contribution is 6.34. The summed E-state index contributed by atoms with van der Waals surface area (Å²) in [6.45, 7) is 3.55. The number of benzene rings is 2. The molecule has 0 radical (unpaired) electrons. The first-order chi connectivity index (χ1) is 13.7. The van der Waals surface area contributed by atoms with E-state index in [-0.39, 0.29) is 17.1 Å². The topological polar surface area (TPSA) is 101 Å². The first kappa shape index (κ1) is 22.6. The van der Waals surface area contributed by atoms with Crippen LogP contribution in [0, 0.1) is 10.1 Å². The summed E-state index contributed by atoms with van der Waals surface area (Å²) < 4.78 is 0. The summed E-state index contributed by atoms with van der Waals surface area (Å²) in [5, 5.41) is 17.0. The van der Waals surface area contributed by atoms with Crippen LogP contribution in [-0.4, -0.2) is 23.3 Å². The molecule has 0 saturated carbocycles. The molecule has 0 saturated heterocycles. The smallest absolute Gasteiger partial charge is 0.283 e. The molecule has 0 unspecified atom stereocenters. The minimum atomic E-state index is -0.789. The predicted octanol–water partition coefficient (Wildman–Crippen LogP) is 4.46. The Bertz CT molecular complexity index is 912. The quantitative estimate of drug-likeness (QED) is 0.469. The van der Waals surface area contributed by atoms with Gasteiger partial charge in [0.05, 0.1) is 22.0 Å². The Kier molecular flexibility index (Phi) is 7.59. The van der Waals surface area contributed by atoms with E-state index >= 15 is 0 Å². The fourth-order valence-electron chi connectivity index (χ4n) is 3.13. The number of rotatable bonds is 8. The summed E-state index contributed by atoms with van der Waals surface area (Å²) in [7, 11) is 0. The van der Waals surface area contributed by atoms with Gasteiger partial charge in [-0.2, -0.15) is 0 Å². The lowest BCUT2D eigenvalue weighted by molar-refractivity contribution is -0.385. The van der Waals surface area contributed by atoms with Crippen molar-refractivity contribution in [1.82, 2.24) is 10.6 Å². The molecule has 0 heterocycles. The Morgan fingerprint density at radius 1 is 1.07 bits per heavy atom. The van der Waals surface area contributed by atoms with Gasteiger partial charge in [-0.25, -0.2) is 0 Å². The van der Waals surface area contributed by atoms with Crippen molar-refractivity contribution in [2.75, 3.05) is 6.54 Å². The number of nitro groups is 1. The van der Waals surface area contributed by atoms with Crippen LogP contribution in [0.2, 0.25) is 10.0 Å². The van der Waals surface area contributed by atoms with Crippen LogP contribution in [0.4, 0.5) is 5.69 Å². The molecule has 0 aliphatic carbocycles. The zero-order chi connectivity index (χ0) is 21.6. The molecule has 9 heteroatoms. The molecule has 2 aromatic rings. The van der Waals surface area contributed by atoms with Gasteiger partial charge in [-0.05, 0) is 36.6 Å². The minimum Gasteiger partial charge on any atom is -0.345 e. The lowest BCUT2D eigenvalue weighted by Crippen LogP contribution is -2.48. The van der Waals surface area contributed by atoms with Gasteiger partial charge < -0.3 is 10.6 Å². The van der Waals surface area contributed by atoms with E-state index in [0.29, 0.717) is 17.9 Å². The van der Waals surface area contributed by atoms with Gasteiger partial charge in [-0.3, -0.25) is 19.7 Å². The normalized spacial score (nSPS) is 11.0. The van der Waals surface area contributed by atoms with E-state index in [0.717, 1.165) is 5.56 Å². The third kappa shape index (κ3) is 5.25. The number of nitrogens with zero attached hydrogens (tertiary/aromatic N) is 1. The summed E-state index contributed by atoms with van der Waals surface area (Å²) >= 11 is 11.9. The van der Waals surface area contributed by atoms with Crippen molar-refractivity contribution in [3.63, 3.8) is 0 Å². The maximum Gasteiger partial charge on any atom is 0.283 e. The Hall–Kier alpha value is -2.64. The first-order valence-corrected chi connectivity index (χ1v) is 9.77. The van der Waals surface area contributed by atoms with E-state index in [1.807, 2.05) is 26.0 Å². The molecule has 0 bridgehead atoms. The molecule has 0 aliphatic heterocycles. The van der Waals surface area contributed by atoms with E-state index in [1.54, 1.807) is 12.1 Å². The van der Waals surface area contributed by atoms with Crippen LogP contribution in [0.15, 0.2) is 42.5 Å². The summed E-state index contributed by atoms with van der Waals surface area (Å²) in [6, 6.07) is 11.1. The molecule has 0 aromatic heterocycles. The molecule has 7 nitrogen and oxygen atoms in total. The molecule has 0 aliphatic rings. The molecule has 2 rings (SSSR count). The van der Waals surface area contributed by atoms with Crippen LogP contribution in [0.3, 0.4) is 0 Å². The van der Waals surface area contributed by atoms with Crippen LogP contribution in [0.1, 0.15) is 42.6 Å². The molecule has 29 heavy (non-hydrogen) atoms. The van der Waals surface area contributed by atoms with Crippen molar-refractivity contribution >= 4 is 40.7 Å². The molecule has 154 valence electrons. The van der Waals surface area contributed by atoms with Gasteiger partial charge in [0.15, 0.2) is 0 Å². The van der Waals surface area contributed by atoms with Crippen molar-refractivity contribution in [3.8, 4) is 0 Å². The molecule has 2 aromatic carbocycles. The number of amides is 2. The molecule has 0 fully saturated rings. The molecular formula is C20H21Cl2N3O4. The SMILES string of the molecule is CCC(CC)(NC(=O)CNC(=O)c1c(Cl)cccc1[N+](=O)[O-])c1ccc(Cl)cc1. The average molecular weight is 438 g/mol. The van der Waals surface area contributed by atoms with Gasteiger partial charge in [-0.1, -0.05) is 55.2 Å². The molecule has 2 amide bonds. The molecular weight excluding hydrogens is 417 g/mol. The summed E-state index contributed by atoms with van der Waals surface area (Å²) in [6.07, 6.45) is 1.25. The van der Waals surface area contributed by atoms with Crippen LogP contribution in [-0.2, 0) is 10.3 Å². The van der Waals surface area contributed by atoms with Gasteiger partial charge in [-0.15, -0.1) is 0 Å². The second-order valence-corrected chi connectivity index (χ2v) is 7.26. The van der Waals surface area contributed by atoms with Gasteiger partial charge in [0.2, 0.25) is 5.91 Å².